The average molecular weight is 308 g/mol. The summed E-state index contributed by atoms with van der Waals surface area (Å²) in [5, 5.41) is 4.87. The van der Waals surface area contributed by atoms with Crippen LogP contribution in [0.2, 0.25) is 10.0 Å². The van der Waals surface area contributed by atoms with Gasteiger partial charge < -0.3 is 5.32 Å². The van der Waals surface area contributed by atoms with Gasteiger partial charge in [-0.3, -0.25) is 0 Å². The van der Waals surface area contributed by atoms with Crippen molar-refractivity contribution in [2.75, 3.05) is 6.54 Å². The molecular weight excluding hydrogens is 289 g/mol. The summed E-state index contributed by atoms with van der Waals surface area (Å²) in [4.78, 5) is 0. The van der Waals surface area contributed by atoms with Crippen molar-refractivity contribution in [2.24, 2.45) is 0 Å². The fourth-order valence-electron chi connectivity index (χ4n) is 2.09. The minimum atomic E-state index is 0.682. The van der Waals surface area contributed by atoms with Crippen LogP contribution in [0.15, 0.2) is 36.4 Å². The van der Waals surface area contributed by atoms with Crippen LogP contribution in [0.25, 0.3) is 0 Å². The van der Waals surface area contributed by atoms with E-state index >= 15 is 0 Å². The van der Waals surface area contributed by atoms with Crippen molar-refractivity contribution in [3.8, 4) is 0 Å². The Morgan fingerprint density at radius 1 is 0.950 bits per heavy atom. The van der Waals surface area contributed by atoms with Gasteiger partial charge in [0.2, 0.25) is 0 Å². The van der Waals surface area contributed by atoms with Crippen LogP contribution in [0.1, 0.15) is 22.3 Å². The Labute approximate surface area is 130 Å². The first kappa shape index (κ1) is 15.4. The third-order valence-corrected chi connectivity index (χ3v) is 4.07. The Hall–Kier alpha value is -1.02. The van der Waals surface area contributed by atoms with Crippen LogP contribution in [0.4, 0.5) is 0 Å². The van der Waals surface area contributed by atoms with E-state index in [1.807, 2.05) is 12.1 Å². The first-order valence-electron chi connectivity index (χ1n) is 6.77. The van der Waals surface area contributed by atoms with Crippen LogP contribution in [0, 0.1) is 13.8 Å². The van der Waals surface area contributed by atoms with E-state index in [1.54, 1.807) is 6.07 Å². The van der Waals surface area contributed by atoms with Gasteiger partial charge in [-0.1, -0.05) is 47.5 Å². The molecule has 0 aliphatic heterocycles. The molecule has 1 N–H and O–H groups in total. The zero-order valence-electron chi connectivity index (χ0n) is 11.8. The monoisotopic (exact) mass is 307 g/mol. The van der Waals surface area contributed by atoms with Crippen LogP contribution >= 0.6 is 23.2 Å². The van der Waals surface area contributed by atoms with Gasteiger partial charge in [-0.05, 0) is 61.2 Å². The highest BCUT2D eigenvalue weighted by Crippen LogP contribution is 2.21. The predicted molar refractivity (Wildman–Crippen MR) is 87.8 cm³/mol. The summed E-state index contributed by atoms with van der Waals surface area (Å²) in [7, 11) is 0. The highest BCUT2D eigenvalue weighted by atomic mass is 35.5. The van der Waals surface area contributed by atoms with E-state index in [0.717, 1.165) is 30.1 Å². The molecule has 0 aliphatic carbocycles. The first-order valence-corrected chi connectivity index (χ1v) is 7.52. The maximum Gasteiger partial charge on any atom is 0.0453 e. The zero-order valence-corrected chi connectivity index (χ0v) is 13.4. The molecule has 0 aliphatic rings. The van der Waals surface area contributed by atoms with Gasteiger partial charge in [-0.15, -0.1) is 0 Å². The molecule has 3 heteroatoms. The van der Waals surface area contributed by atoms with Crippen molar-refractivity contribution in [2.45, 2.75) is 26.8 Å². The molecule has 2 rings (SSSR count). The van der Waals surface area contributed by atoms with Crippen molar-refractivity contribution in [1.82, 2.24) is 5.32 Å². The minimum absolute atomic E-state index is 0.682. The molecule has 0 atom stereocenters. The molecule has 20 heavy (non-hydrogen) atoms. The number of benzene rings is 2. The van der Waals surface area contributed by atoms with Gasteiger partial charge in [0.25, 0.3) is 0 Å². The summed E-state index contributed by atoms with van der Waals surface area (Å²) < 4.78 is 0. The largest absolute Gasteiger partial charge is 0.312 e. The lowest BCUT2D eigenvalue weighted by molar-refractivity contribution is 0.686. The summed E-state index contributed by atoms with van der Waals surface area (Å²) in [5.74, 6) is 0. The van der Waals surface area contributed by atoms with E-state index in [9.17, 15) is 0 Å². The SMILES string of the molecule is Cc1ccc(CNCCc2ccc(Cl)cc2Cl)cc1C. The molecule has 0 radical (unpaired) electrons. The van der Waals surface area contributed by atoms with E-state index in [4.69, 9.17) is 23.2 Å². The molecule has 0 saturated heterocycles. The maximum absolute atomic E-state index is 6.15. The summed E-state index contributed by atoms with van der Waals surface area (Å²) in [5.41, 5.74) is 5.12. The Kier molecular flexibility index (Phi) is 5.47. The topological polar surface area (TPSA) is 12.0 Å². The van der Waals surface area contributed by atoms with Crippen molar-refractivity contribution in [3.63, 3.8) is 0 Å². The zero-order chi connectivity index (χ0) is 14.5. The summed E-state index contributed by atoms with van der Waals surface area (Å²) in [6, 6.07) is 12.2. The van der Waals surface area contributed by atoms with Gasteiger partial charge in [-0.25, -0.2) is 0 Å². The molecule has 0 unspecified atom stereocenters. The highest BCUT2D eigenvalue weighted by Gasteiger charge is 2.01. The van der Waals surface area contributed by atoms with Crippen LogP contribution in [0.3, 0.4) is 0 Å². The van der Waals surface area contributed by atoms with Gasteiger partial charge in [0.15, 0.2) is 0 Å². The second-order valence-electron chi connectivity index (χ2n) is 5.08. The van der Waals surface area contributed by atoms with E-state index in [0.29, 0.717) is 5.02 Å². The molecule has 0 aromatic heterocycles. The van der Waals surface area contributed by atoms with Crippen LogP contribution in [0.5, 0.6) is 0 Å². The Balaban J connectivity index is 1.82. The molecule has 0 spiro atoms. The molecule has 0 heterocycles. The standard InChI is InChI=1S/C17H19Cl2N/c1-12-3-4-14(9-13(12)2)11-20-8-7-15-5-6-16(18)10-17(15)19/h3-6,9-10,20H,7-8,11H2,1-2H3. The van der Waals surface area contributed by atoms with Crippen molar-refractivity contribution >= 4 is 23.2 Å². The number of halogens is 2. The first-order chi connectivity index (χ1) is 9.56. The molecule has 1 nitrogen and oxygen atoms in total. The van der Waals surface area contributed by atoms with Crippen LogP contribution in [-0.2, 0) is 13.0 Å². The third kappa shape index (κ3) is 4.24. The Morgan fingerprint density at radius 3 is 2.45 bits per heavy atom. The van der Waals surface area contributed by atoms with Crippen LogP contribution < -0.4 is 5.32 Å². The minimum Gasteiger partial charge on any atom is -0.312 e. The number of nitrogens with one attached hydrogen (secondary N) is 1. The normalized spacial score (nSPS) is 10.8. The van der Waals surface area contributed by atoms with E-state index in [2.05, 4.69) is 37.4 Å². The Bertz CT molecular complexity index is 594. The molecule has 2 aromatic rings. The summed E-state index contributed by atoms with van der Waals surface area (Å²) in [6.45, 7) is 6.06. The van der Waals surface area contributed by atoms with Crippen molar-refractivity contribution in [3.05, 3.63) is 68.7 Å². The second-order valence-corrected chi connectivity index (χ2v) is 5.92. The van der Waals surface area contributed by atoms with Gasteiger partial charge in [0.1, 0.15) is 0 Å². The van der Waals surface area contributed by atoms with Gasteiger partial charge in [0.05, 0.1) is 0 Å². The molecule has 0 saturated carbocycles. The molecule has 0 fully saturated rings. The number of hydrogen-bond donors (Lipinski definition) is 1. The smallest absolute Gasteiger partial charge is 0.0453 e. The van der Waals surface area contributed by atoms with Crippen molar-refractivity contribution in [1.29, 1.82) is 0 Å². The Morgan fingerprint density at radius 2 is 1.75 bits per heavy atom. The lowest BCUT2D eigenvalue weighted by atomic mass is 10.1. The fraction of sp³-hybridized carbons (Fsp3) is 0.294. The summed E-state index contributed by atoms with van der Waals surface area (Å²) in [6.07, 6.45) is 0.904. The highest BCUT2D eigenvalue weighted by molar-refractivity contribution is 6.35. The van der Waals surface area contributed by atoms with E-state index < -0.39 is 0 Å². The molecule has 0 bridgehead atoms. The lowest BCUT2D eigenvalue weighted by Crippen LogP contribution is -2.16. The maximum atomic E-state index is 6.15. The van der Waals surface area contributed by atoms with Gasteiger partial charge in [0, 0.05) is 16.6 Å². The van der Waals surface area contributed by atoms with Gasteiger partial charge in [-0.2, -0.15) is 0 Å². The number of aryl methyl sites for hydroxylation is 2. The van der Waals surface area contributed by atoms with E-state index in [1.165, 1.54) is 16.7 Å². The van der Waals surface area contributed by atoms with E-state index in [-0.39, 0.29) is 0 Å². The third-order valence-electron chi connectivity index (χ3n) is 3.49. The number of hydrogen-bond acceptors (Lipinski definition) is 1. The average Bonchev–Trinajstić information content (AvgIpc) is 2.40. The number of rotatable bonds is 5. The molecule has 2 aromatic carbocycles. The summed E-state index contributed by atoms with van der Waals surface area (Å²) >= 11 is 12.0. The molecular formula is C17H19Cl2N. The quantitative estimate of drug-likeness (QED) is 0.771. The van der Waals surface area contributed by atoms with Crippen molar-refractivity contribution < 1.29 is 0 Å². The fourth-order valence-corrected chi connectivity index (χ4v) is 2.60. The predicted octanol–water partition coefficient (Wildman–Crippen LogP) is 4.94. The lowest BCUT2D eigenvalue weighted by Gasteiger charge is -2.08. The van der Waals surface area contributed by atoms with Crippen LogP contribution in [-0.4, -0.2) is 6.54 Å². The molecule has 106 valence electrons. The molecule has 0 amide bonds. The second kappa shape index (κ2) is 7.12. The van der Waals surface area contributed by atoms with Gasteiger partial charge >= 0.3 is 0 Å².